The molecule has 0 aliphatic carbocycles. The van der Waals surface area contributed by atoms with Crippen LogP contribution in [-0.4, -0.2) is 31.4 Å². The van der Waals surface area contributed by atoms with E-state index in [9.17, 15) is 5.11 Å². The minimum absolute atomic E-state index is 0.0151. The standard InChI is InChI=1S/C18H25NO2/c1-13(2)17(19-10-11-21-3)18(20)16-9-8-14-6-4-5-7-15(14)12-16/h4-9,12-13,17-20H,10-11H2,1-3H3. The highest BCUT2D eigenvalue weighted by Crippen LogP contribution is 2.25. The fourth-order valence-electron chi connectivity index (χ4n) is 2.64. The van der Waals surface area contributed by atoms with Crippen LogP contribution in [0.2, 0.25) is 0 Å². The highest BCUT2D eigenvalue weighted by molar-refractivity contribution is 5.83. The predicted molar refractivity (Wildman–Crippen MR) is 87.4 cm³/mol. The lowest BCUT2D eigenvalue weighted by atomic mass is 9.92. The van der Waals surface area contributed by atoms with Gasteiger partial charge in [0.15, 0.2) is 0 Å². The van der Waals surface area contributed by atoms with Gasteiger partial charge in [0.2, 0.25) is 0 Å². The molecule has 0 radical (unpaired) electrons. The molecule has 0 aliphatic heterocycles. The highest BCUT2D eigenvalue weighted by atomic mass is 16.5. The molecule has 3 nitrogen and oxygen atoms in total. The normalized spacial score (nSPS) is 14.5. The Labute approximate surface area is 126 Å². The molecule has 0 aromatic heterocycles. The molecule has 0 bridgehead atoms. The Balaban J connectivity index is 2.19. The highest BCUT2D eigenvalue weighted by Gasteiger charge is 2.23. The second-order valence-corrected chi connectivity index (χ2v) is 5.77. The number of aliphatic hydroxyl groups is 1. The molecule has 2 rings (SSSR count). The number of benzene rings is 2. The van der Waals surface area contributed by atoms with E-state index < -0.39 is 6.10 Å². The van der Waals surface area contributed by atoms with Crippen LogP contribution in [-0.2, 0) is 4.74 Å². The second kappa shape index (κ2) is 7.55. The van der Waals surface area contributed by atoms with Crippen molar-refractivity contribution in [2.75, 3.05) is 20.3 Å². The summed E-state index contributed by atoms with van der Waals surface area (Å²) in [5, 5.41) is 16.5. The number of hydrogen-bond donors (Lipinski definition) is 2. The van der Waals surface area contributed by atoms with Crippen molar-refractivity contribution >= 4 is 10.8 Å². The molecule has 2 N–H and O–H groups in total. The maximum absolute atomic E-state index is 10.7. The van der Waals surface area contributed by atoms with Gasteiger partial charge in [0, 0.05) is 19.7 Å². The van der Waals surface area contributed by atoms with Gasteiger partial charge in [-0.05, 0) is 28.3 Å². The van der Waals surface area contributed by atoms with Gasteiger partial charge in [0.1, 0.15) is 0 Å². The van der Waals surface area contributed by atoms with Gasteiger partial charge in [-0.25, -0.2) is 0 Å². The number of hydrogen-bond acceptors (Lipinski definition) is 3. The molecule has 0 heterocycles. The van der Waals surface area contributed by atoms with E-state index in [1.54, 1.807) is 7.11 Å². The third-order valence-corrected chi connectivity index (χ3v) is 3.86. The molecule has 0 aliphatic rings. The van der Waals surface area contributed by atoms with Gasteiger partial charge in [0.05, 0.1) is 12.7 Å². The van der Waals surface area contributed by atoms with Gasteiger partial charge >= 0.3 is 0 Å². The minimum atomic E-state index is -0.522. The van der Waals surface area contributed by atoms with Crippen LogP contribution < -0.4 is 5.32 Å². The molecule has 0 saturated heterocycles. The molecule has 2 aromatic carbocycles. The van der Waals surface area contributed by atoms with Crippen molar-refractivity contribution in [1.29, 1.82) is 0 Å². The third kappa shape index (κ3) is 4.03. The van der Waals surface area contributed by atoms with Crippen LogP contribution in [0.1, 0.15) is 25.5 Å². The van der Waals surface area contributed by atoms with Crippen LogP contribution in [0.25, 0.3) is 10.8 Å². The second-order valence-electron chi connectivity index (χ2n) is 5.77. The first kappa shape index (κ1) is 16.0. The van der Waals surface area contributed by atoms with Crippen molar-refractivity contribution in [2.24, 2.45) is 5.92 Å². The zero-order chi connectivity index (χ0) is 15.2. The fraction of sp³-hybridized carbons (Fsp3) is 0.444. The number of ether oxygens (including phenoxy) is 1. The van der Waals surface area contributed by atoms with Crippen LogP contribution in [0.4, 0.5) is 0 Å². The molecular formula is C18H25NO2. The van der Waals surface area contributed by atoms with Crippen molar-refractivity contribution in [3.63, 3.8) is 0 Å². The Bertz CT molecular complexity index is 568. The SMILES string of the molecule is COCCNC(C(C)C)C(O)c1ccc2ccccc2c1. The van der Waals surface area contributed by atoms with Gasteiger partial charge in [-0.3, -0.25) is 0 Å². The summed E-state index contributed by atoms with van der Waals surface area (Å²) in [6, 6.07) is 14.4. The van der Waals surface area contributed by atoms with Gasteiger partial charge in [-0.1, -0.05) is 50.2 Å². The van der Waals surface area contributed by atoms with E-state index in [-0.39, 0.29) is 6.04 Å². The van der Waals surface area contributed by atoms with E-state index in [1.807, 2.05) is 18.2 Å². The summed E-state index contributed by atoms with van der Waals surface area (Å²) in [4.78, 5) is 0. The lowest BCUT2D eigenvalue weighted by molar-refractivity contribution is 0.0979. The number of rotatable bonds is 7. The van der Waals surface area contributed by atoms with Crippen molar-refractivity contribution < 1.29 is 9.84 Å². The summed E-state index contributed by atoms with van der Waals surface area (Å²) < 4.78 is 5.07. The van der Waals surface area contributed by atoms with Crippen molar-refractivity contribution in [3.8, 4) is 0 Å². The first-order valence-corrected chi connectivity index (χ1v) is 7.52. The smallest absolute Gasteiger partial charge is 0.0945 e. The van der Waals surface area contributed by atoms with E-state index in [0.29, 0.717) is 12.5 Å². The van der Waals surface area contributed by atoms with Gasteiger partial charge in [0.25, 0.3) is 0 Å². The predicted octanol–water partition coefficient (Wildman–Crippen LogP) is 3.13. The summed E-state index contributed by atoms with van der Waals surface area (Å²) in [5.41, 5.74) is 0.956. The molecule has 0 saturated carbocycles. The Morgan fingerprint density at radius 2 is 1.81 bits per heavy atom. The summed E-state index contributed by atoms with van der Waals surface area (Å²) in [6.07, 6.45) is -0.522. The van der Waals surface area contributed by atoms with E-state index >= 15 is 0 Å². The molecule has 3 heteroatoms. The number of fused-ring (bicyclic) bond motifs is 1. The molecule has 2 aromatic rings. The van der Waals surface area contributed by atoms with Gasteiger partial charge in [-0.15, -0.1) is 0 Å². The lowest BCUT2D eigenvalue weighted by Gasteiger charge is -2.28. The zero-order valence-corrected chi connectivity index (χ0v) is 13.0. The molecule has 2 atom stereocenters. The van der Waals surface area contributed by atoms with Gasteiger partial charge in [-0.2, -0.15) is 0 Å². The van der Waals surface area contributed by atoms with E-state index in [2.05, 4.69) is 43.4 Å². The molecule has 0 amide bonds. The summed E-state index contributed by atoms with van der Waals surface area (Å²) in [5.74, 6) is 0.336. The first-order chi connectivity index (χ1) is 10.1. The van der Waals surface area contributed by atoms with Crippen molar-refractivity contribution in [3.05, 3.63) is 48.0 Å². The quantitative estimate of drug-likeness (QED) is 0.769. The molecular weight excluding hydrogens is 262 g/mol. The van der Waals surface area contributed by atoms with Crippen LogP contribution in [0, 0.1) is 5.92 Å². The Kier molecular flexibility index (Phi) is 5.74. The maximum Gasteiger partial charge on any atom is 0.0945 e. The monoisotopic (exact) mass is 287 g/mol. The van der Waals surface area contributed by atoms with E-state index in [4.69, 9.17) is 4.74 Å². The summed E-state index contributed by atoms with van der Waals surface area (Å²) >= 11 is 0. The molecule has 21 heavy (non-hydrogen) atoms. The molecule has 114 valence electrons. The van der Waals surface area contributed by atoms with Crippen LogP contribution in [0.3, 0.4) is 0 Å². The van der Waals surface area contributed by atoms with Crippen LogP contribution in [0.5, 0.6) is 0 Å². The molecule has 0 fully saturated rings. The van der Waals surface area contributed by atoms with E-state index in [1.165, 1.54) is 5.39 Å². The summed E-state index contributed by atoms with van der Waals surface area (Å²) in [6.45, 7) is 5.63. The topological polar surface area (TPSA) is 41.5 Å². The molecule has 2 unspecified atom stereocenters. The fourth-order valence-corrected chi connectivity index (χ4v) is 2.64. The Morgan fingerprint density at radius 1 is 1.10 bits per heavy atom. The third-order valence-electron chi connectivity index (χ3n) is 3.86. The Hall–Kier alpha value is -1.42. The molecule has 0 spiro atoms. The van der Waals surface area contributed by atoms with Crippen molar-refractivity contribution in [2.45, 2.75) is 26.0 Å². The lowest BCUT2D eigenvalue weighted by Crippen LogP contribution is -2.40. The van der Waals surface area contributed by atoms with Crippen molar-refractivity contribution in [1.82, 2.24) is 5.32 Å². The minimum Gasteiger partial charge on any atom is -0.387 e. The van der Waals surface area contributed by atoms with Crippen LogP contribution >= 0.6 is 0 Å². The largest absolute Gasteiger partial charge is 0.387 e. The van der Waals surface area contributed by atoms with Crippen LogP contribution in [0.15, 0.2) is 42.5 Å². The number of aliphatic hydroxyl groups excluding tert-OH is 1. The Morgan fingerprint density at radius 3 is 2.48 bits per heavy atom. The number of nitrogens with one attached hydrogen (secondary N) is 1. The number of methoxy groups -OCH3 is 1. The first-order valence-electron chi connectivity index (χ1n) is 7.52. The van der Waals surface area contributed by atoms with Gasteiger partial charge < -0.3 is 15.2 Å². The zero-order valence-electron chi connectivity index (χ0n) is 13.0. The maximum atomic E-state index is 10.7. The summed E-state index contributed by atoms with van der Waals surface area (Å²) in [7, 11) is 1.69. The average Bonchev–Trinajstić information content (AvgIpc) is 2.50. The van der Waals surface area contributed by atoms with E-state index in [0.717, 1.165) is 17.5 Å². The average molecular weight is 287 g/mol.